The van der Waals surface area contributed by atoms with Crippen molar-refractivity contribution in [1.82, 2.24) is 15.3 Å². The fourth-order valence-corrected chi connectivity index (χ4v) is 3.59. The quantitative estimate of drug-likeness (QED) is 0.667. The van der Waals surface area contributed by atoms with Gasteiger partial charge >= 0.3 is 6.18 Å². The molecule has 1 saturated heterocycles. The van der Waals surface area contributed by atoms with Crippen molar-refractivity contribution in [3.05, 3.63) is 52.5 Å². The van der Waals surface area contributed by atoms with E-state index in [-0.39, 0.29) is 18.4 Å². The zero-order valence-corrected chi connectivity index (χ0v) is 17.8. The number of hydrogen-bond donors (Lipinski definition) is 2. The lowest BCUT2D eigenvalue weighted by molar-refractivity contribution is -0.137. The Morgan fingerprint density at radius 3 is 2.59 bits per heavy atom. The van der Waals surface area contributed by atoms with Crippen molar-refractivity contribution in [3.8, 4) is 0 Å². The van der Waals surface area contributed by atoms with E-state index in [4.69, 9.17) is 9.47 Å². The van der Waals surface area contributed by atoms with E-state index in [2.05, 4.69) is 20.6 Å². The molecular formula is C22H25F3N4O3. The van der Waals surface area contributed by atoms with Crippen LogP contribution < -0.4 is 10.6 Å². The summed E-state index contributed by atoms with van der Waals surface area (Å²) in [5, 5.41) is 6.12. The lowest BCUT2D eigenvalue weighted by atomic mass is 10.0. The molecule has 0 radical (unpaired) electrons. The second-order valence-corrected chi connectivity index (χ2v) is 8.06. The Bertz CT molecular complexity index is 989. The monoisotopic (exact) mass is 450 g/mol. The number of benzene rings is 1. The number of carbonyl (C=O) groups is 1. The summed E-state index contributed by atoms with van der Waals surface area (Å²) in [5.41, 5.74) is 0.699. The smallest absolute Gasteiger partial charge is 0.363 e. The summed E-state index contributed by atoms with van der Waals surface area (Å²) in [6.45, 7) is 4.21. The van der Waals surface area contributed by atoms with Gasteiger partial charge in [0.15, 0.2) is 6.29 Å². The van der Waals surface area contributed by atoms with E-state index in [1.54, 1.807) is 19.9 Å². The van der Waals surface area contributed by atoms with Crippen LogP contribution in [0.25, 0.3) is 0 Å². The minimum absolute atomic E-state index is 0.0328. The Morgan fingerprint density at radius 2 is 1.94 bits per heavy atom. The van der Waals surface area contributed by atoms with E-state index in [1.165, 1.54) is 6.07 Å². The first-order chi connectivity index (χ1) is 15.2. The van der Waals surface area contributed by atoms with E-state index in [9.17, 15) is 18.0 Å². The van der Waals surface area contributed by atoms with Crippen molar-refractivity contribution in [1.29, 1.82) is 0 Å². The minimum atomic E-state index is -4.43. The van der Waals surface area contributed by atoms with Gasteiger partial charge in [0.25, 0.3) is 0 Å². The van der Waals surface area contributed by atoms with Crippen LogP contribution in [0.5, 0.6) is 0 Å². The maximum atomic E-state index is 13.1. The molecule has 2 heterocycles. The van der Waals surface area contributed by atoms with Crippen LogP contribution in [0, 0.1) is 6.92 Å². The Hall–Kier alpha value is -2.72. The van der Waals surface area contributed by atoms with Crippen molar-refractivity contribution in [2.75, 3.05) is 18.5 Å². The fraction of sp³-hybridized carbons (Fsp3) is 0.500. The van der Waals surface area contributed by atoms with Crippen LogP contribution >= 0.6 is 0 Å². The van der Waals surface area contributed by atoms with Gasteiger partial charge in [-0.1, -0.05) is 12.1 Å². The molecule has 4 rings (SSSR count). The summed E-state index contributed by atoms with van der Waals surface area (Å²) < 4.78 is 50.7. The molecule has 1 aromatic heterocycles. The summed E-state index contributed by atoms with van der Waals surface area (Å²) in [6.07, 6.45) is -3.21. The summed E-state index contributed by atoms with van der Waals surface area (Å²) in [4.78, 5) is 21.4. The first-order valence-corrected chi connectivity index (χ1v) is 10.5. The maximum Gasteiger partial charge on any atom is 0.416 e. The van der Waals surface area contributed by atoms with Gasteiger partial charge in [-0.3, -0.25) is 4.79 Å². The predicted octanol–water partition coefficient (Wildman–Crippen LogP) is 3.84. The van der Waals surface area contributed by atoms with Crippen LogP contribution in [0.2, 0.25) is 0 Å². The van der Waals surface area contributed by atoms with Gasteiger partial charge in [0.1, 0.15) is 11.6 Å². The van der Waals surface area contributed by atoms with Gasteiger partial charge in [0, 0.05) is 12.1 Å². The molecule has 2 aromatic rings. The molecule has 2 N–H and O–H groups in total. The van der Waals surface area contributed by atoms with Crippen LogP contribution in [-0.4, -0.2) is 35.1 Å². The Kier molecular flexibility index (Phi) is 6.34. The number of ether oxygens (including phenoxy) is 2. The molecule has 1 saturated carbocycles. The SMILES string of the molecule is Cc1nc(CC(=O)NC2CC2)c(C2OCCO2)c(N[C@H](C)c2cccc(C(F)(F)F)c2)n1. The number of rotatable bonds is 7. The highest BCUT2D eigenvalue weighted by molar-refractivity contribution is 5.79. The average molecular weight is 450 g/mol. The van der Waals surface area contributed by atoms with Crippen molar-refractivity contribution in [2.45, 2.75) is 57.7 Å². The predicted molar refractivity (Wildman–Crippen MR) is 110 cm³/mol. The van der Waals surface area contributed by atoms with Gasteiger partial charge in [-0.25, -0.2) is 9.97 Å². The minimum Gasteiger partial charge on any atom is -0.363 e. The van der Waals surface area contributed by atoms with Gasteiger partial charge in [0.2, 0.25) is 5.91 Å². The first-order valence-electron chi connectivity index (χ1n) is 10.5. The Balaban J connectivity index is 1.64. The fourth-order valence-electron chi connectivity index (χ4n) is 3.59. The van der Waals surface area contributed by atoms with Crippen molar-refractivity contribution >= 4 is 11.7 Å². The number of aryl methyl sites for hydroxylation is 1. The molecule has 10 heteroatoms. The van der Waals surface area contributed by atoms with E-state index in [1.807, 2.05) is 0 Å². The van der Waals surface area contributed by atoms with Crippen molar-refractivity contribution < 1.29 is 27.4 Å². The third kappa shape index (κ3) is 5.36. The molecule has 2 fully saturated rings. The molecule has 0 bridgehead atoms. The second kappa shape index (κ2) is 9.03. The van der Waals surface area contributed by atoms with Crippen molar-refractivity contribution in [2.24, 2.45) is 0 Å². The van der Waals surface area contributed by atoms with Gasteiger partial charge in [0.05, 0.1) is 36.5 Å². The normalized spacial score (nSPS) is 17.9. The number of anilines is 1. The molecule has 0 unspecified atom stereocenters. The molecule has 172 valence electrons. The molecule has 1 aliphatic carbocycles. The van der Waals surface area contributed by atoms with Crippen LogP contribution in [0.3, 0.4) is 0 Å². The molecular weight excluding hydrogens is 425 g/mol. The molecule has 32 heavy (non-hydrogen) atoms. The van der Waals surface area contributed by atoms with Crippen LogP contribution in [-0.2, 0) is 26.9 Å². The molecule has 1 aromatic carbocycles. The Labute approximate surface area is 183 Å². The Morgan fingerprint density at radius 1 is 1.22 bits per heavy atom. The van der Waals surface area contributed by atoms with E-state index < -0.39 is 24.1 Å². The van der Waals surface area contributed by atoms with E-state index in [0.717, 1.165) is 25.0 Å². The summed E-state index contributed by atoms with van der Waals surface area (Å²) in [6, 6.07) is 4.85. The average Bonchev–Trinajstić information content (AvgIpc) is 3.36. The number of aromatic nitrogens is 2. The van der Waals surface area contributed by atoms with Crippen LogP contribution in [0.4, 0.5) is 19.0 Å². The topological polar surface area (TPSA) is 85.4 Å². The third-order valence-electron chi connectivity index (χ3n) is 5.33. The first kappa shape index (κ1) is 22.5. The number of amides is 1. The number of nitrogens with zero attached hydrogens (tertiary/aromatic N) is 2. The van der Waals surface area contributed by atoms with Gasteiger partial charge in [-0.15, -0.1) is 0 Å². The molecule has 2 aliphatic rings. The number of halogens is 3. The summed E-state index contributed by atoms with van der Waals surface area (Å²) in [7, 11) is 0. The van der Waals surface area contributed by atoms with E-state index >= 15 is 0 Å². The van der Waals surface area contributed by atoms with Gasteiger partial charge in [-0.2, -0.15) is 13.2 Å². The molecule has 1 atom stereocenters. The number of carbonyl (C=O) groups excluding carboxylic acids is 1. The summed E-state index contributed by atoms with van der Waals surface area (Å²) >= 11 is 0. The van der Waals surface area contributed by atoms with E-state index in [0.29, 0.717) is 41.7 Å². The maximum absolute atomic E-state index is 13.1. The van der Waals surface area contributed by atoms with Gasteiger partial charge < -0.3 is 20.1 Å². The molecule has 1 aliphatic heterocycles. The van der Waals surface area contributed by atoms with Crippen LogP contribution in [0.1, 0.15) is 60.3 Å². The number of hydrogen-bond acceptors (Lipinski definition) is 6. The number of nitrogens with one attached hydrogen (secondary N) is 2. The number of alkyl halides is 3. The molecule has 7 nitrogen and oxygen atoms in total. The highest BCUT2D eigenvalue weighted by Crippen LogP contribution is 2.35. The second-order valence-electron chi connectivity index (χ2n) is 8.06. The zero-order chi connectivity index (χ0) is 22.9. The highest BCUT2D eigenvalue weighted by atomic mass is 19.4. The lowest BCUT2D eigenvalue weighted by Crippen LogP contribution is -2.28. The molecule has 0 spiro atoms. The van der Waals surface area contributed by atoms with Crippen molar-refractivity contribution in [3.63, 3.8) is 0 Å². The summed E-state index contributed by atoms with van der Waals surface area (Å²) in [5.74, 6) is 0.657. The van der Waals surface area contributed by atoms with Gasteiger partial charge in [-0.05, 0) is 44.4 Å². The molecule has 1 amide bonds. The lowest BCUT2D eigenvalue weighted by Gasteiger charge is -2.22. The zero-order valence-electron chi connectivity index (χ0n) is 17.8. The highest BCUT2D eigenvalue weighted by Gasteiger charge is 2.32. The third-order valence-corrected chi connectivity index (χ3v) is 5.33. The standard InChI is InChI=1S/C22H25F3N4O3/c1-12(14-4-3-5-15(10-14)22(23,24)25)26-20-19(21-31-8-9-32-21)17(27-13(2)28-20)11-18(30)29-16-6-7-16/h3-5,10,12,16,21H,6-9,11H2,1-2H3,(H,29,30)(H,26,27,28)/t12-/m1/s1. The van der Waals surface area contributed by atoms with Crippen LogP contribution in [0.15, 0.2) is 24.3 Å². The largest absolute Gasteiger partial charge is 0.416 e.